The largest absolute Gasteiger partial charge is 0.328 e. The van der Waals surface area contributed by atoms with Crippen molar-refractivity contribution in [1.82, 2.24) is 19.9 Å². The summed E-state index contributed by atoms with van der Waals surface area (Å²) in [5.41, 5.74) is 5.84. The molecule has 1 amide bonds. The molecule has 2 N–H and O–H groups in total. The first-order chi connectivity index (χ1) is 15.1. The number of hydrogen-bond donors (Lipinski definition) is 2. The molecule has 0 radical (unpaired) electrons. The second-order valence-electron chi connectivity index (χ2n) is 7.60. The molecule has 31 heavy (non-hydrogen) atoms. The third-order valence-corrected chi connectivity index (χ3v) is 5.62. The van der Waals surface area contributed by atoms with Gasteiger partial charge in [-0.15, -0.1) is 0 Å². The van der Waals surface area contributed by atoms with Crippen molar-refractivity contribution in [2.75, 3.05) is 19.6 Å². The molecule has 0 bridgehead atoms. The van der Waals surface area contributed by atoms with Gasteiger partial charge in [0.25, 0.3) is 5.91 Å². The van der Waals surface area contributed by atoms with E-state index >= 15 is 0 Å². The fraction of sp³-hybridized carbons (Fsp3) is 0.360. The van der Waals surface area contributed by atoms with E-state index in [1.54, 1.807) is 11.6 Å². The Balaban J connectivity index is 1.84. The Labute approximate surface area is 184 Å². The maximum Gasteiger partial charge on any atom is 0.267 e. The third kappa shape index (κ3) is 6.26. The number of nitrogens with zero attached hydrogens (tertiary/aromatic N) is 3. The zero-order valence-electron chi connectivity index (χ0n) is 18.4. The summed E-state index contributed by atoms with van der Waals surface area (Å²) in [6.07, 6.45) is 5.88. The van der Waals surface area contributed by atoms with E-state index in [1.807, 2.05) is 18.2 Å². The van der Waals surface area contributed by atoms with Crippen LogP contribution in [0.15, 0.2) is 54.6 Å². The van der Waals surface area contributed by atoms with Crippen molar-refractivity contribution in [3.05, 3.63) is 71.6 Å². The Morgan fingerprint density at radius 2 is 1.90 bits per heavy atom. The second-order valence-corrected chi connectivity index (χ2v) is 7.60. The molecule has 0 fully saturated rings. The summed E-state index contributed by atoms with van der Waals surface area (Å²) in [4.78, 5) is 18.7. The number of aryl methyl sites for hydroxylation is 3. The second kappa shape index (κ2) is 11.4. The topological polar surface area (TPSA) is 70.4 Å². The average Bonchev–Trinajstić information content (AvgIpc) is 3.16. The van der Waals surface area contributed by atoms with Gasteiger partial charge in [-0.1, -0.05) is 50.2 Å². The highest BCUT2D eigenvalue weighted by molar-refractivity contribution is 5.91. The van der Waals surface area contributed by atoms with Gasteiger partial charge in [-0.05, 0) is 61.8 Å². The van der Waals surface area contributed by atoms with E-state index in [1.165, 1.54) is 11.6 Å². The first kappa shape index (κ1) is 22.7. The molecule has 0 aliphatic carbocycles. The van der Waals surface area contributed by atoms with Gasteiger partial charge in [0.05, 0.1) is 11.0 Å². The Morgan fingerprint density at radius 3 is 2.61 bits per heavy atom. The van der Waals surface area contributed by atoms with Gasteiger partial charge in [-0.25, -0.2) is 10.5 Å². The SMILES string of the molecule is CCN(CC)CCCn1c(CCc2ccccc2)nc2cc(C=CC(=O)NO)ccc21. The maximum atomic E-state index is 11.3. The summed E-state index contributed by atoms with van der Waals surface area (Å²) in [6.45, 7) is 8.54. The van der Waals surface area contributed by atoms with Gasteiger partial charge in [-0.2, -0.15) is 0 Å². The van der Waals surface area contributed by atoms with Gasteiger partial charge < -0.3 is 9.47 Å². The van der Waals surface area contributed by atoms with Crippen LogP contribution in [0.25, 0.3) is 17.1 Å². The number of fused-ring (bicyclic) bond motifs is 1. The zero-order valence-corrected chi connectivity index (χ0v) is 18.4. The van der Waals surface area contributed by atoms with Gasteiger partial charge in [0, 0.05) is 19.0 Å². The molecule has 0 aliphatic rings. The van der Waals surface area contributed by atoms with Crippen molar-refractivity contribution in [3.8, 4) is 0 Å². The van der Waals surface area contributed by atoms with E-state index in [2.05, 4.69) is 53.6 Å². The summed E-state index contributed by atoms with van der Waals surface area (Å²) >= 11 is 0. The molecule has 0 unspecified atom stereocenters. The molecular formula is C25H32N4O2. The number of benzene rings is 2. The normalized spacial score (nSPS) is 11.6. The van der Waals surface area contributed by atoms with Crippen LogP contribution in [-0.2, 0) is 24.2 Å². The van der Waals surface area contributed by atoms with E-state index in [0.717, 1.165) is 67.9 Å². The Kier molecular flexibility index (Phi) is 8.38. The number of imidazole rings is 1. The highest BCUT2D eigenvalue weighted by Crippen LogP contribution is 2.21. The van der Waals surface area contributed by atoms with Gasteiger partial charge in [0.2, 0.25) is 0 Å². The average molecular weight is 421 g/mol. The highest BCUT2D eigenvalue weighted by Gasteiger charge is 2.12. The number of carbonyl (C=O) groups is 1. The number of carbonyl (C=O) groups excluding carboxylic acids is 1. The quantitative estimate of drug-likeness (QED) is 0.279. The van der Waals surface area contributed by atoms with Gasteiger partial charge in [0.15, 0.2) is 0 Å². The summed E-state index contributed by atoms with van der Waals surface area (Å²) in [5.74, 6) is 0.540. The van der Waals surface area contributed by atoms with E-state index in [9.17, 15) is 4.79 Å². The van der Waals surface area contributed by atoms with Crippen molar-refractivity contribution in [1.29, 1.82) is 0 Å². The van der Waals surface area contributed by atoms with Gasteiger partial charge >= 0.3 is 0 Å². The minimum Gasteiger partial charge on any atom is -0.328 e. The number of hydroxylamine groups is 1. The first-order valence-electron chi connectivity index (χ1n) is 11.0. The smallest absolute Gasteiger partial charge is 0.267 e. The number of rotatable bonds is 11. The third-order valence-electron chi connectivity index (χ3n) is 5.62. The number of hydrogen-bond acceptors (Lipinski definition) is 4. The number of amides is 1. The monoisotopic (exact) mass is 420 g/mol. The van der Waals surface area contributed by atoms with Crippen LogP contribution < -0.4 is 5.48 Å². The molecule has 1 heterocycles. The molecule has 1 aromatic heterocycles. The molecule has 6 heteroatoms. The van der Waals surface area contributed by atoms with Crippen molar-refractivity contribution in [3.63, 3.8) is 0 Å². The maximum absolute atomic E-state index is 11.3. The van der Waals surface area contributed by atoms with Crippen LogP contribution in [0.2, 0.25) is 0 Å². The standard InChI is InChI=1S/C25H32N4O2/c1-3-28(4-2)17-8-18-29-23-14-11-21(13-16-25(30)27-31)19-22(23)26-24(29)15-12-20-9-6-5-7-10-20/h5-7,9-11,13-14,16,19,31H,3-4,8,12,15,17-18H2,1-2H3,(H,27,30). The summed E-state index contributed by atoms with van der Waals surface area (Å²) < 4.78 is 2.34. The molecule has 0 spiro atoms. The fourth-order valence-corrected chi connectivity index (χ4v) is 3.84. The Bertz CT molecular complexity index is 1010. The lowest BCUT2D eigenvalue weighted by Gasteiger charge is -2.18. The molecule has 6 nitrogen and oxygen atoms in total. The van der Waals surface area contributed by atoms with Crippen LogP contribution in [0.1, 0.15) is 37.2 Å². The molecule has 0 atom stereocenters. The lowest BCUT2D eigenvalue weighted by atomic mass is 10.1. The Morgan fingerprint density at radius 1 is 1.13 bits per heavy atom. The fourth-order valence-electron chi connectivity index (χ4n) is 3.84. The summed E-state index contributed by atoms with van der Waals surface area (Å²) in [6, 6.07) is 16.5. The predicted octanol–water partition coefficient (Wildman–Crippen LogP) is 4.07. The summed E-state index contributed by atoms with van der Waals surface area (Å²) in [5, 5.41) is 8.66. The Hall–Kier alpha value is -2.96. The summed E-state index contributed by atoms with van der Waals surface area (Å²) in [7, 11) is 0. The van der Waals surface area contributed by atoms with Crippen molar-refractivity contribution >= 4 is 23.0 Å². The molecule has 0 saturated heterocycles. The van der Waals surface area contributed by atoms with Gasteiger partial charge in [0.1, 0.15) is 5.82 Å². The molecule has 0 saturated carbocycles. The van der Waals surface area contributed by atoms with Crippen LogP contribution >= 0.6 is 0 Å². The van der Waals surface area contributed by atoms with E-state index < -0.39 is 5.91 Å². The van der Waals surface area contributed by atoms with Crippen LogP contribution in [-0.4, -0.2) is 45.2 Å². The lowest BCUT2D eigenvalue weighted by molar-refractivity contribution is -0.124. The van der Waals surface area contributed by atoms with Crippen LogP contribution in [0, 0.1) is 0 Å². The van der Waals surface area contributed by atoms with E-state index in [-0.39, 0.29) is 0 Å². The van der Waals surface area contributed by atoms with Crippen molar-refractivity contribution < 1.29 is 10.0 Å². The zero-order chi connectivity index (χ0) is 22.1. The molecular weight excluding hydrogens is 388 g/mol. The van der Waals surface area contributed by atoms with Crippen LogP contribution in [0.4, 0.5) is 0 Å². The lowest BCUT2D eigenvalue weighted by Crippen LogP contribution is -2.25. The minimum atomic E-state index is -0.550. The first-order valence-corrected chi connectivity index (χ1v) is 11.0. The van der Waals surface area contributed by atoms with Crippen molar-refractivity contribution in [2.24, 2.45) is 0 Å². The molecule has 2 aromatic carbocycles. The highest BCUT2D eigenvalue weighted by atomic mass is 16.5. The van der Waals surface area contributed by atoms with E-state index in [0.29, 0.717) is 0 Å². The van der Waals surface area contributed by atoms with Crippen LogP contribution in [0.5, 0.6) is 0 Å². The number of nitrogens with one attached hydrogen (secondary N) is 1. The molecule has 0 aliphatic heterocycles. The van der Waals surface area contributed by atoms with Crippen molar-refractivity contribution in [2.45, 2.75) is 39.7 Å². The van der Waals surface area contributed by atoms with E-state index in [4.69, 9.17) is 10.2 Å². The number of aromatic nitrogens is 2. The van der Waals surface area contributed by atoms with Gasteiger partial charge in [-0.3, -0.25) is 10.0 Å². The predicted molar refractivity (Wildman–Crippen MR) is 125 cm³/mol. The molecule has 164 valence electrons. The molecule has 3 rings (SSSR count). The van der Waals surface area contributed by atoms with Crippen LogP contribution in [0.3, 0.4) is 0 Å². The molecule has 3 aromatic rings. The minimum absolute atomic E-state index is 0.550.